The third-order valence-corrected chi connectivity index (χ3v) is 5.43. The number of hydrogen-bond acceptors (Lipinski definition) is 2. The number of nitrogens with zero attached hydrogens (tertiary/aromatic N) is 2. The topological polar surface area (TPSA) is 57.8 Å². The van der Waals surface area contributed by atoms with Crippen LogP contribution in [0.4, 0.5) is 4.39 Å². The largest absolute Gasteiger partial charge is 0.345 e. The second kappa shape index (κ2) is 9.32. The van der Waals surface area contributed by atoms with Crippen molar-refractivity contribution in [3.8, 4) is 6.07 Å². The molecule has 0 saturated heterocycles. The molecule has 0 spiro atoms. The minimum atomic E-state index is -0.435. The zero-order valence-corrected chi connectivity index (χ0v) is 17.6. The lowest BCUT2D eigenvalue weighted by molar-refractivity contribution is -0.117. The smallest absolute Gasteiger partial charge is 0.262 e. The van der Waals surface area contributed by atoms with Gasteiger partial charge in [0.05, 0.1) is 12.6 Å². The van der Waals surface area contributed by atoms with Crippen molar-refractivity contribution >= 4 is 22.9 Å². The second-order valence-corrected chi connectivity index (χ2v) is 7.60. The van der Waals surface area contributed by atoms with E-state index in [4.69, 9.17) is 0 Å². The molecule has 1 heterocycles. The van der Waals surface area contributed by atoms with Gasteiger partial charge in [0.1, 0.15) is 17.5 Å². The van der Waals surface area contributed by atoms with Gasteiger partial charge in [-0.15, -0.1) is 0 Å². The molecular formula is C27H22FN3O. The number of para-hydroxylation sites is 1. The Kier molecular flexibility index (Phi) is 6.14. The van der Waals surface area contributed by atoms with E-state index in [9.17, 15) is 14.4 Å². The summed E-state index contributed by atoms with van der Waals surface area (Å²) >= 11 is 0. The average Bonchev–Trinajstić information content (AvgIpc) is 3.16. The fourth-order valence-corrected chi connectivity index (χ4v) is 3.73. The summed E-state index contributed by atoms with van der Waals surface area (Å²) < 4.78 is 16.1. The lowest BCUT2D eigenvalue weighted by atomic mass is 10.1. The van der Waals surface area contributed by atoms with Crippen LogP contribution in [-0.2, 0) is 11.3 Å². The maximum absolute atomic E-state index is 14.2. The first-order valence-corrected chi connectivity index (χ1v) is 10.4. The average molecular weight is 423 g/mol. The van der Waals surface area contributed by atoms with Gasteiger partial charge in [-0.05, 0) is 30.7 Å². The van der Waals surface area contributed by atoms with Gasteiger partial charge in [-0.2, -0.15) is 5.26 Å². The molecule has 4 aromatic rings. The third kappa shape index (κ3) is 4.45. The molecule has 1 atom stereocenters. The summed E-state index contributed by atoms with van der Waals surface area (Å²) in [5.74, 6) is -0.704. The van der Waals surface area contributed by atoms with Gasteiger partial charge in [0, 0.05) is 28.2 Å². The molecule has 0 aliphatic carbocycles. The van der Waals surface area contributed by atoms with E-state index in [1.54, 1.807) is 24.3 Å². The zero-order chi connectivity index (χ0) is 22.5. The van der Waals surface area contributed by atoms with Gasteiger partial charge in [0.2, 0.25) is 0 Å². The van der Waals surface area contributed by atoms with Crippen LogP contribution in [0.1, 0.15) is 29.7 Å². The number of nitriles is 1. The molecule has 5 heteroatoms. The van der Waals surface area contributed by atoms with Gasteiger partial charge in [-0.1, -0.05) is 66.7 Å². The Labute approximate surface area is 186 Å². The van der Waals surface area contributed by atoms with Crippen LogP contribution in [0.2, 0.25) is 0 Å². The van der Waals surface area contributed by atoms with E-state index in [1.165, 1.54) is 6.07 Å². The number of nitrogens with one attached hydrogen (secondary N) is 1. The van der Waals surface area contributed by atoms with Gasteiger partial charge in [-0.3, -0.25) is 4.79 Å². The van der Waals surface area contributed by atoms with E-state index >= 15 is 0 Å². The van der Waals surface area contributed by atoms with Crippen molar-refractivity contribution in [1.82, 2.24) is 9.88 Å². The third-order valence-electron chi connectivity index (χ3n) is 5.43. The maximum atomic E-state index is 14.2. The molecule has 1 aromatic heterocycles. The molecule has 0 radical (unpaired) electrons. The van der Waals surface area contributed by atoms with Crippen LogP contribution in [0.15, 0.2) is 90.6 Å². The Balaban J connectivity index is 1.65. The van der Waals surface area contributed by atoms with Gasteiger partial charge in [0.15, 0.2) is 0 Å². The minimum Gasteiger partial charge on any atom is -0.345 e. The van der Waals surface area contributed by atoms with E-state index in [1.807, 2.05) is 78.4 Å². The summed E-state index contributed by atoms with van der Waals surface area (Å²) in [6.07, 6.45) is 3.44. The molecule has 4 rings (SSSR count). The highest BCUT2D eigenvalue weighted by atomic mass is 19.1. The molecule has 1 amide bonds. The highest BCUT2D eigenvalue weighted by Gasteiger charge is 2.16. The number of carbonyl (C=O) groups excluding carboxylic acids is 1. The van der Waals surface area contributed by atoms with Gasteiger partial charge >= 0.3 is 0 Å². The summed E-state index contributed by atoms with van der Waals surface area (Å²) in [5.41, 5.74) is 3.17. The maximum Gasteiger partial charge on any atom is 0.262 e. The molecule has 4 nitrogen and oxygen atoms in total. The summed E-state index contributed by atoms with van der Waals surface area (Å²) in [5, 5.41) is 13.4. The van der Waals surface area contributed by atoms with Crippen LogP contribution < -0.4 is 5.32 Å². The van der Waals surface area contributed by atoms with E-state index in [0.717, 1.165) is 22.0 Å². The zero-order valence-electron chi connectivity index (χ0n) is 17.6. The summed E-state index contributed by atoms with van der Waals surface area (Å²) in [6, 6.07) is 25.7. The standard InChI is InChI=1S/C27H22FN3O/c1-19(20-9-3-2-4-10-20)30-27(32)22(16-29)15-23-18-31(26-14-8-6-12-24(23)26)17-21-11-5-7-13-25(21)28/h2-15,18-19H,17H2,1H3,(H,30,32)/b22-15-/t19-/m1/s1. The van der Waals surface area contributed by atoms with Gasteiger partial charge in [0.25, 0.3) is 5.91 Å². The first-order chi connectivity index (χ1) is 15.6. The van der Waals surface area contributed by atoms with Crippen molar-refractivity contribution < 1.29 is 9.18 Å². The fraction of sp³-hybridized carbons (Fsp3) is 0.111. The van der Waals surface area contributed by atoms with E-state index in [2.05, 4.69) is 5.32 Å². The Morgan fingerprint density at radius 1 is 1.06 bits per heavy atom. The summed E-state index contributed by atoms with van der Waals surface area (Å²) in [4.78, 5) is 12.8. The van der Waals surface area contributed by atoms with Gasteiger partial charge < -0.3 is 9.88 Å². The monoisotopic (exact) mass is 423 g/mol. The van der Waals surface area contributed by atoms with E-state index < -0.39 is 5.91 Å². The van der Waals surface area contributed by atoms with Crippen LogP contribution in [0.5, 0.6) is 0 Å². The highest BCUT2D eigenvalue weighted by Crippen LogP contribution is 2.25. The minimum absolute atomic E-state index is 0.0153. The predicted octanol–water partition coefficient (Wildman–Crippen LogP) is 5.61. The quantitative estimate of drug-likeness (QED) is 0.324. The lowest BCUT2D eigenvalue weighted by Gasteiger charge is -2.13. The number of aromatic nitrogens is 1. The highest BCUT2D eigenvalue weighted by molar-refractivity contribution is 6.04. The summed E-state index contributed by atoms with van der Waals surface area (Å²) in [6.45, 7) is 2.22. The van der Waals surface area contributed by atoms with Crippen molar-refractivity contribution in [3.63, 3.8) is 0 Å². The summed E-state index contributed by atoms with van der Waals surface area (Å²) in [7, 11) is 0. The number of carbonyl (C=O) groups is 1. The Morgan fingerprint density at radius 3 is 2.50 bits per heavy atom. The number of fused-ring (bicyclic) bond motifs is 1. The number of hydrogen-bond donors (Lipinski definition) is 1. The predicted molar refractivity (Wildman–Crippen MR) is 124 cm³/mol. The van der Waals surface area contributed by atoms with Crippen molar-refractivity contribution in [2.45, 2.75) is 19.5 Å². The Morgan fingerprint density at radius 2 is 1.75 bits per heavy atom. The molecular weight excluding hydrogens is 401 g/mol. The van der Waals surface area contributed by atoms with Crippen LogP contribution in [0, 0.1) is 17.1 Å². The fourth-order valence-electron chi connectivity index (χ4n) is 3.73. The number of halogens is 1. The molecule has 0 aliphatic heterocycles. The van der Waals surface area contributed by atoms with E-state index in [-0.39, 0.29) is 17.4 Å². The normalized spacial score (nSPS) is 12.3. The van der Waals surface area contributed by atoms with Crippen molar-refractivity contribution in [3.05, 3.63) is 113 Å². The molecule has 0 bridgehead atoms. The molecule has 0 fully saturated rings. The number of amides is 1. The molecule has 0 aliphatic rings. The molecule has 158 valence electrons. The molecule has 0 unspecified atom stereocenters. The first-order valence-electron chi connectivity index (χ1n) is 10.4. The van der Waals surface area contributed by atoms with Gasteiger partial charge in [-0.25, -0.2) is 4.39 Å². The first kappa shape index (κ1) is 21.1. The SMILES string of the molecule is C[C@@H](NC(=O)/C(C#N)=C\c1cn(Cc2ccccc2F)c2ccccc12)c1ccccc1. The van der Waals surface area contributed by atoms with Crippen LogP contribution in [0.25, 0.3) is 17.0 Å². The second-order valence-electron chi connectivity index (χ2n) is 7.60. The Hall–Kier alpha value is -4.17. The van der Waals surface area contributed by atoms with Crippen molar-refractivity contribution in [2.24, 2.45) is 0 Å². The number of benzene rings is 3. The van der Waals surface area contributed by atoms with Crippen LogP contribution >= 0.6 is 0 Å². The number of rotatable bonds is 6. The molecule has 32 heavy (non-hydrogen) atoms. The van der Waals surface area contributed by atoms with Crippen LogP contribution in [-0.4, -0.2) is 10.5 Å². The molecule has 1 N–H and O–H groups in total. The van der Waals surface area contributed by atoms with Crippen molar-refractivity contribution in [1.29, 1.82) is 5.26 Å². The molecule has 3 aromatic carbocycles. The molecule has 0 saturated carbocycles. The lowest BCUT2D eigenvalue weighted by Crippen LogP contribution is -2.27. The van der Waals surface area contributed by atoms with Crippen molar-refractivity contribution in [2.75, 3.05) is 0 Å². The van der Waals surface area contributed by atoms with E-state index in [0.29, 0.717) is 12.1 Å². The Bertz CT molecular complexity index is 1330. The van der Waals surface area contributed by atoms with Crippen LogP contribution in [0.3, 0.4) is 0 Å².